The van der Waals surface area contributed by atoms with Gasteiger partial charge in [0.15, 0.2) is 0 Å². The first-order valence-corrected chi connectivity index (χ1v) is 7.61. The van der Waals surface area contributed by atoms with Gasteiger partial charge in [0.25, 0.3) is 0 Å². The van der Waals surface area contributed by atoms with Crippen LogP contribution in [0.3, 0.4) is 0 Å². The van der Waals surface area contributed by atoms with Crippen LogP contribution in [0.25, 0.3) is 0 Å². The number of hydrogen-bond donors (Lipinski definition) is 1. The first-order chi connectivity index (χ1) is 11.5. The molecule has 0 aromatic heterocycles. The number of rotatable bonds is 3. The molecule has 0 amide bonds. The number of hydrogen-bond acceptors (Lipinski definition) is 3. The maximum atomic E-state index is 14.3. The van der Waals surface area contributed by atoms with Gasteiger partial charge in [0.1, 0.15) is 12.4 Å². The fourth-order valence-corrected chi connectivity index (χ4v) is 2.83. The highest BCUT2D eigenvalue weighted by atomic mass is 35.5. The Morgan fingerprint density at radius 2 is 2.04 bits per heavy atom. The molecule has 2 aromatic rings. The van der Waals surface area contributed by atoms with Gasteiger partial charge in [-0.1, -0.05) is 30.3 Å². The van der Waals surface area contributed by atoms with E-state index in [0.717, 1.165) is 0 Å². The third-order valence-electron chi connectivity index (χ3n) is 3.73. The van der Waals surface area contributed by atoms with Crippen molar-refractivity contribution in [1.29, 1.82) is 0 Å². The summed E-state index contributed by atoms with van der Waals surface area (Å²) in [5.74, 6) is -1.40. The zero-order valence-corrected chi connectivity index (χ0v) is 13.4. The Morgan fingerprint density at radius 3 is 2.75 bits per heavy atom. The standard InChI is InChI=1S/C18H14ClFN2O2/c1-11-9-21-18(13-4-2-3-5-15(13)20)14-8-12(19)6-7-16(14)22(11)10-17(23)24/h2-8H,1,9-10H2,(H,23,24). The van der Waals surface area contributed by atoms with Gasteiger partial charge in [-0.05, 0) is 30.3 Å². The summed E-state index contributed by atoms with van der Waals surface area (Å²) in [5, 5.41) is 9.64. The van der Waals surface area contributed by atoms with Crippen molar-refractivity contribution in [1.82, 2.24) is 0 Å². The van der Waals surface area contributed by atoms with Crippen LogP contribution in [-0.2, 0) is 4.79 Å². The molecule has 1 aliphatic rings. The predicted molar refractivity (Wildman–Crippen MR) is 92.5 cm³/mol. The summed E-state index contributed by atoms with van der Waals surface area (Å²) in [6.45, 7) is 3.82. The number of carbonyl (C=O) groups is 1. The van der Waals surface area contributed by atoms with Gasteiger partial charge in [-0.3, -0.25) is 9.79 Å². The van der Waals surface area contributed by atoms with Crippen LogP contribution in [0.5, 0.6) is 0 Å². The molecule has 24 heavy (non-hydrogen) atoms. The van der Waals surface area contributed by atoms with E-state index in [1.54, 1.807) is 41.3 Å². The molecule has 1 N–H and O–H groups in total. The first-order valence-electron chi connectivity index (χ1n) is 7.24. The second-order valence-corrected chi connectivity index (χ2v) is 5.79. The van der Waals surface area contributed by atoms with Gasteiger partial charge in [0, 0.05) is 21.8 Å². The molecule has 0 fully saturated rings. The molecular weight excluding hydrogens is 331 g/mol. The fraction of sp³-hybridized carbons (Fsp3) is 0.111. The molecule has 6 heteroatoms. The number of benzodiazepines with no additional fused rings is 1. The molecule has 3 rings (SSSR count). The van der Waals surface area contributed by atoms with Gasteiger partial charge in [-0.25, -0.2) is 4.39 Å². The zero-order valence-electron chi connectivity index (χ0n) is 12.7. The normalized spacial score (nSPS) is 14.0. The van der Waals surface area contributed by atoms with Gasteiger partial charge in [0.05, 0.1) is 17.9 Å². The molecule has 1 heterocycles. The lowest BCUT2D eigenvalue weighted by molar-refractivity contribution is -0.135. The van der Waals surface area contributed by atoms with Crippen LogP contribution in [0.15, 0.2) is 59.7 Å². The summed E-state index contributed by atoms with van der Waals surface area (Å²) >= 11 is 6.11. The molecule has 0 atom stereocenters. The molecule has 0 aliphatic carbocycles. The van der Waals surface area contributed by atoms with E-state index < -0.39 is 11.8 Å². The van der Waals surface area contributed by atoms with Crippen LogP contribution < -0.4 is 4.90 Å². The minimum absolute atomic E-state index is 0.170. The van der Waals surface area contributed by atoms with Crippen LogP contribution in [0, 0.1) is 5.82 Å². The lowest BCUT2D eigenvalue weighted by atomic mass is 9.99. The monoisotopic (exact) mass is 344 g/mol. The molecule has 122 valence electrons. The Bertz CT molecular complexity index is 864. The summed E-state index contributed by atoms with van der Waals surface area (Å²) in [6.07, 6.45) is 0. The zero-order chi connectivity index (χ0) is 17.3. The van der Waals surface area contributed by atoms with Crippen LogP contribution in [0.4, 0.5) is 10.1 Å². The van der Waals surface area contributed by atoms with Gasteiger partial charge < -0.3 is 10.0 Å². The summed E-state index contributed by atoms with van der Waals surface area (Å²) in [6, 6.07) is 11.3. The minimum atomic E-state index is -0.994. The van der Waals surface area contributed by atoms with E-state index in [4.69, 9.17) is 11.6 Å². The molecule has 0 radical (unpaired) electrons. The van der Waals surface area contributed by atoms with Crippen molar-refractivity contribution >= 4 is 29.0 Å². The summed E-state index contributed by atoms with van der Waals surface area (Å²) in [5.41, 5.74) is 2.46. The Hall–Kier alpha value is -2.66. The van der Waals surface area contributed by atoms with E-state index in [-0.39, 0.29) is 13.1 Å². The van der Waals surface area contributed by atoms with Gasteiger partial charge in [-0.2, -0.15) is 0 Å². The molecule has 0 saturated heterocycles. The van der Waals surface area contributed by atoms with E-state index in [1.807, 2.05) is 0 Å². The maximum absolute atomic E-state index is 14.3. The predicted octanol–water partition coefficient (Wildman–Crippen LogP) is 3.73. The lowest BCUT2D eigenvalue weighted by Gasteiger charge is -2.24. The number of nitrogens with zero attached hydrogens (tertiary/aromatic N) is 2. The third-order valence-corrected chi connectivity index (χ3v) is 3.96. The van der Waals surface area contributed by atoms with Crippen molar-refractivity contribution in [2.45, 2.75) is 0 Å². The maximum Gasteiger partial charge on any atom is 0.323 e. The second kappa shape index (κ2) is 6.45. The third kappa shape index (κ3) is 3.03. The number of halogens is 2. The van der Waals surface area contributed by atoms with Crippen molar-refractivity contribution in [2.24, 2.45) is 4.99 Å². The molecule has 2 aromatic carbocycles. The van der Waals surface area contributed by atoms with Gasteiger partial charge >= 0.3 is 5.97 Å². The number of aliphatic carboxylic acids is 1. The van der Waals surface area contributed by atoms with Crippen LogP contribution in [0.1, 0.15) is 11.1 Å². The number of aliphatic imine (C=N–C) groups is 1. The van der Waals surface area contributed by atoms with Crippen molar-refractivity contribution in [3.05, 3.63) is 76.7 Å². The molecule has 0 saturated carbocycles. The van der Waals surface area contributed by atoms with Crippen molar-refractivity contribution in [3.8, 4) is 0 Å². The Balaban J connectivity index is 2.21. The van der Waals surface area contributed by atoms with Crippen molar-refractivity contribution in [3.63, 3.8) is 0 Å². The number of carboxylic acids is 1. The molecule has 0 unspecified atom stereocenters. The minimum Gasteiger partial charge on any atom is -0.480 e. The molecule has 1 aliphatic heterocycles. The van der Waals surface area contributed by atoms with Crippen LogP contribution in [0.2, 0.25) is 5.02 Å². The number of anilines is 1. The largest absolute Gasteiger partial charge is 0.480 e. The van der Waals surface area contributed by atoms with E-state index in [9.17, 15) is 14.3 Å². The highest BCUT2D eigenvalue weighted by Crippen LogP contribution is 2.32. The highest BCUT2D eigenvalue weighted by molar-refractivity contribution is 6.31. The molecule has 0 spiro atoms. The van der Waals surface area contributed by atoms with E-state index in [2.05, 4.69) is 11.6 Å². The van der Waals surface area contributed by atoms with Crippen molar-refractivity contribution < 1.29 is 14.3 Å². The lowest BCUT2D eigenvalue weighted by Crippen LogP contribution is -2.29. The molecular formula is C18H14ClFN2O2. The SMILES string of the molecule is C=C1CN=C(c2ccccc2F)c2cc(Cl)ccc2N1CC(=O)O. The van der Waals surface area contributed by atoms with Crippen molar-refractivity contribution in [2.75, 3.05) is 18.0 Å². The first kappa shape index (κ1) is 16.2. The van der Waals surface area contributed by atoms with Crippen LogP contribution >= 0.6 is 11.6 Å². The molecule has 0 bridgehead atoms. The smallest absolute Gasteiger partial charge is 0.323 e. The summed E-state index contributed by atoms with van der Waals surface area (Å²) in [4.78, 5) is 17.2. The van der Waals surface area contributed by atoms with Gasteiger partial charge in [0.2, 0.25) is 0 Å². The Morgan fingerprint density at radius 1 is 1.29 bits per heavy atom. The topological polar surface area (TPSA) is 52.9 Å². The second-order valence-electron chi connectivity index (χ2n) is 5.35. The quantitative estimate of drug-likeness (QED) is 0.923. The van der Waals surface area contributed by atoms with Gasteiger partial charge in [-0.15, -0.1) is 0 Å². The Kier molecular flexibility index (Phi) is 4.36. The van der Waals surface area contributed by atoms with Crippen LogP contribution in [-0.4, -0.2) is 29.9 Å². The Labute approximate surface area is 143 Å². The number of carboxylic acid groups (broad SMARTS) is 1. The summed E-state index contributed by atoms with van der Waals surface area (Å²) < 4.78 is 14.3. The van der Waals surface area contributed by atoms with E-state index >= 15 is 0 Å². The highest BCUT2D eigenvalue weighted by Gasteiger charge is 2.25. The molecule has 4 nitrogen and oxygen atoms in total. The number of fused-ring (bicyclic) bond motifs is 1. The van der Waals surface area contributed by atoms with E-state index in [0.29, 0.717) is 33.2 Å². The fourth-order valence-electron chi connectivity index (χ4n) is 2.66. The average Bonchev–Trinajstić information content (AvgIpc) is 2.66. The summed E-state index contributed by atoms with van der Waals surface area (Å²) in [7, 11) is 0. The average molecular weight is 345 g/mol. The van der Waals surface area contributed by atoms with E-state index in [1.165, 1.54) is 6.07 Å². The number of benzene rings is 2.